The Labute approximate surface area is 164 Å². The second-order valence-electron chi connectivity index (χ2n) is 7.77. The van der Waals surface area contributed by atoms with Crippen LogP contribution >= 0.6 is 11.6 Å². The summed E-state index contributed by atoms with van der Waals surface area (Å²) < 4.78 is 5.79. The summed E-state index contributed by atoms with van der Waals surface area (Å²) in [5.74, 6) is 0. The van der Waals surface area contributed by atoms with Crippen LogP contribution in [0.1, 0.15) is 39.2 Å². The Morgan fingerprint density at radius 2 is 1.89 bits per heavy atom. The van der Waals surface area contributed by atoms with Crippen molar-refractivity contribution in [2.45, 2.75) is 45.1 Å². The minimum Gasteiger partial charge on any atom is -0.458 e. The van der Waals surface area contributed by atoms with Gasteiger partial charge in [-0.25, -0.2) is 14.8 Å². The number of hydrogen-bond acceptors (Lipinski definition) is 4. The average molecular weight is 389 g/mol. The number of benzene rings is 1. The van der Waals surface area contributed by atoms with Gasteiger partial charge >= 0.3 is 12.0 Å². The largest absolute Gasteiger partial charge is 0.458 e. The Morgan fingerprint density at radius 3 is 2.52 bits per heavy atom. The Bertz CT molecular complexity index is 772. The van der Waals surface area contributed by atoms with Gasteiger partial charge in [0.2, 0.25) is 0 Å². The number of halogens is 1. The van der Waals surface area contributed by atoms with E-state index in [1.54, 1.807) is 4.90 Å². The molecule has 0 aliphatic carbocycles. The molecule has 1 aliphatic heterocycles. The maximum Gasteiger partial charge on any atom is 0.321 e. The minimum absolute atomic E-state index is 0.0870. The van der Waals surface area contributed by atoms with E-state index in [0.29, 0.717) is 18.1 Å². The lowest BCUT2D eigenvalue weighted by Crippen LogP contribution is -2.46. The number of nitrogens with one attached hydrogen (secondary N) is 1. The van der Waals surface area contributed by atoms with Crippen LogP contribution in [0.3, 0.4) is 0 Å². The molecule has 27 heavy (non-hydrogen) atoms. The fraction of sp³-hybridized carbons (Fsp3) is 0.450. The van der Waals surface area contributed by atoms with E-state index in [-0.39, 0.29) is 23.6 Å². The number of carbonyl (C=O) groups is 1. The Balaban J connectivity index is 1.57. The molecule has 1 N–H and O–H groups in total. The van der Waals surface area contributed by atoms with Crippen LogP contribution in [-0.4, -0.2) is 40.1 Å². The third kappa shape index (κ3) is 5.32. The summed E-state index contributed by atoms with van der Waals surface area (Å²) in [5, 5.41) is 3.43. The highest BCUT2D eigenvalue weighted by molar-refractivity contribution is 6.30. The van der Waals surface area contributed by atoms with Gasteiger partial charge in [0.25, 0.3) is 0 Å². The normalized spacial score (nSPS) is 17.5. The summed E-state index contributed by atoms with van der Waals surface area (Å²) in [6, 6.07) is 8.15. The van der Waals surface area contributed by atoms with Crippen molar-refractivity contribution < 1.29 is 9.53 Å². The fourth-order valence-corrected chi connectivity index (χ4v) is 3.08. The summed E-state index contributed by atoms with van der Waals surface area (Å²) in [4.78, 5) is 22.5. The number of anilines is 1. The molecule has 3 rings (SSSR count). The van der Waals surface area contributed by atoms with Crippen molar-refractivity contribution in [2.75, 3.05) is 18.4 Å². The van der Waals surface area contributed by atoms with Crippen LogP contribution in [0.25, 0.3) is 0 Å². The molecule has 0 saturated carbocycles. The van der Waals surface area contributed by atoms with Crippen LogP contribution in [0, 0.1) is 0 Å². The second kappa shape index (κ2) is 8.13. The molecule has 6 nitrogen and oxygen atoms in total. The summed E-state index contributed by atoms with van der Waals surface area (Å²) in [5.41, 5.74) is 2.11. The molecule has 7 heteroatoms. The molecule has 1 saturated heterocycles. The molecule has 1 unspecified atom stereocenters. The maximum absolute atomic E-state index is 12.6. The Hall–Kier alpha value is -2.34. The van der Waals surface area contributed by atoms with Gasteiger partial charge in [-0.05, 0) is 36.0 Å². The number of nitrogens with zero attached hydrogens (tertiary/aromatic N) is 3. The molecule has 2 amide bonds. The van der Waals surface area contributed by atoms with E-state index in [9.17, 15) is 4.79 Å². The first-order valence-electron chi connectivity index (χ1n) is 9.12. The predicted molar refractivity (Wildman–Crippen MR) is 106 cm³/mol. The lowest BCUT2D eigenvalue weighted by Gasteiger charge is -2.32. The fourth-order valence-electron chi connectivity index (χ4n) is 2.99. The zero-order valence-corrected chi connectivity index (χ0v) is 16.7. The zero-order chi connectivity index (χ0) is 19.4. The van der Waals surface area contributed by atoms with Gasteiger partial charge in [-0.2, -0.15) is 0 Å². The van der Waals surface area contributed by atoms with E-state index in [1.165, 1.54) is 18.0 Å². The number of likely N-dealkylation sites (tertiary alicyclic amines) is 1. The van der Waals surface area contributed by atoms with Gasteiger partial charge in [0.1, 0.15) is 6.10 Å². The molecule has 1 fully saturated rings. The highest BCUT2D eigenvalue weighted by Gasteiger charge is 2.25. The van der Waals surface area contributed by atoms with Gasteiger partial charge in [-0.15, -0.1) is 0 Å². The summed E-state index contributed by atoms with van der Waals surface area (Å²) in [6.07, 6.45) is 4.59. The van der Waals surface area contributed by atoms with E-state index in [0.717, 1.165) is 18.5 Å². The van der Waals surface area contributed by atoms with Gasteiger partial charge < -0.3 is 15.0 Å². The summed E-state index contributed by atoms with van der Waals surface area (Å²) in [6.45, 7) is 7.70. The molecular weight excluding hydrogens is 364 g/mol. The molecule has 1 atom stereocenters. The van der Waals surface area contributed by atoms with Crippen molar-refractivity contribution in [3.05, 3.63) is 47.2 Å². The lowest BCUT2D eigenvalue weighted by atomic mass is 9.87. The van der Waals surface area contributed by atoms with E-state index in [2.05, 4.69) is 48.2 Å². The third-order valence-corrected chi connectivity index (χ3v) is 4.73. The number of piperidine rings is 1. The van der Waals surface area contributed by atoms with Crippen molar-refractivity contribution in [3.8, 4) is 6.01 Å². The zero-order valence-electron chi connectivity index (χ0n) is 15.9. The number of rotatable bonds is 3. The van der Waals surface area contributed by atoms with Crippen LogP contribution in [0.15, 0.2) is 36.7 Å². The molecule has 0 spiro atoms. The molecule has 144 valence electrons. The minimum atomic E-state index is -0.131. The summed E-state index contributed by atoms with van der Waals surface area (Å²) >= 11 is 5.79. The maximum atomic E-state index is 12.6. The van der Waals surface area contributed by atoms with E-state index < -0.39 is 0 Å². The molecule has 2 heterocycles. The number of amides is 2. The molecule has 1 aromatic carbocycles. The van der Waals surface area contributed by atoms with E-state index in [1.807, 2.05) is 12.1 Å². The average Bonchev–Trinajstić information content (AvgIpc) is 2.63. The van der Waals surface area contributed by atoms with Crippen LogP contribution in [0.2, 0.25) is 5.02 Å². The highest BCUT2D eigenvalue weighted by atomic mass is 35.5. The number of urea groups is 1. The Kier molecular flexibility index (Phi) is 5.85. The number of carbonyl (C=O) groups excluding carboxylic acids is 1. The molecule has 0 bridgehead atoms. The molecule has 2 aromatic rings. The SMILES string of the molecule is CC(C)(C)c1ccc(NC(=O)N2CCCC(Oc3ncc(Cl)cn3)C2)cc1. The van der Waals surface area contributed by atoms with E-state index >= 15 is 0 Å². The number of aromatic nitrogens is 2. The first kappa shape index (κ1) is 19.4. The third-order valence-electron chi connectivity index (χ3n) is 4.54. The Morgan fingerprint density at radius 1 is 1.22 bits per heavy atom. The van der Waals surface area contributed by atoms with Crippen LogP contribution in [-0.2, 0) is 5.41 Å². The number of hydrogen-bond donors (Lipinski definition) is 1. The number of ether oxygens (including phenoxy) is 1. The van der Waals surface area contributed by atoms with Gasteiger partial charge in [-0.3, -0.25) is 0 Å². The van der Waals surface area contributed by atoms with E-state index in [4.69, 9.17) is 16.3 Å². The van der Waals surface area contributed by atoms with Crippen LogP contribution < -0.4 is 10.1 Å². The van der Waals surface area contributed by atoms with Gasteiger partial charge in [0.15, 0.2) is 0 Å². The van der Waals surface area contributed by atoms with Gasteiger partial charge in [0, 0.05) is 12.2 Å². The van der Waals surface area contributed by atoms with Gasteiger partial charge in [0.05, 0.1) is 24.0 Å². The first-order valence-corrected chi connectivity index (χ1v) is 9.50. The predicted octanol–water partition coefficient (Wildman–Crippen LogP) is 4.50. The quantitative estimate of drug-likeness (QED) is 0.840. The van der Waals surface area contributed by atoms with Crippen LogP contribution in [0.4, 0.5) is 10.5 Å². The van der Waals surface area contributed by atoms with Crippen LogP contribution in [0.5, 0.6) is 6.01 Å². The van der Waals surface area contributed by atoms with Gasteiger partial charge in [-0.1, -0.05) is 44.5 Å². The van der Waals surface area contributed by atoms with Crippen molar-refractivity contribution in [3.63, 3.8) is 0 Å². The topological polar surface area (TPSA) is 67.4 Å². The summed E-state index contributed by atoms with van der Waals surface area (Å²) in [7, 11) is 0. The second-order valence-corrected chi connectivity index (χ2v) is 8.21. The van der Waals surface area contributed by atoms with Crippen molar-refractivity contribution in [1.82, 2.24) is 14.9 Å². The van der Waals surface area contributed by atoms with Crippen molar-refractivity contribution in [2.24, 2.45) is 0 Å². The standard InChI is InChI=1S/C20H25ClN4O2/c1-20(2,3)14-6-8-16(9-7-14)24-19(26)25-10-4-5-17(13-25)27-18-22-11-15(21)12-23-18/h6-9,11-12,17H,4-5,10,13H2,1-3H3,(H,24,26). The molecule has 1 aromatic heterocycles. The van der Waals surface area contributed by atoms with Crippen molar-refractivity contribution >= 4 is 23.3 Å². The molecule has 1 aliphatic rings. The smallest absolute Gasteiger partial charge is 0.321 e. The lowest BCUT2D eigenvalue weighted by molar-refractivity contribution is 0.0983. The highest BCUT2D eigenvalue weighted by Crippen LogP contribution is 2.24. The first-order chi connectivity index (χ1) is 12.8. The molecular formula is C20H25ClN4O2. The van der Waals surface area contributed by atoms with Crippen molar-refractivity contribution in [1.29, 1.82) is 0 Å². The monoisotopic (exact) mass is 388 g/mol. The molecule has 0 radical (unpaired) electrons.